The van der Waals surface area contributed by atoms with Crippen LogP contribution in [0.4, 0.5) is 0 Å². The molecule has 0 bridgehead atoms. The standard InChI is InChI=1S/C13H26N2O3/c14-5-4-11-2-1-3-12(10-11)13(18)15(6-8-16)7-9-17/h11-12,16-17H,1-10,14H2. The number of rotatable bonds is 7. The lowest BCUT2D eigenvalue weighted by molar-refractivity contribution is -0.138. The summed E-state index contributed by atoms with van der Waals surface area (Å²) in [7, 11) is 0. The first-order chi connectivity index (χ1) is 8.72. The van der Waals surface area contributed by atoms with E-state index in [2.05, 4.69) is 0 Å². The summed E-state index contributed by atoms with van der Waals surface area (Å²) in [6, 6.07) is 0. The molecule has 2 atom stereocenters. The Morgan fingerprint density at radius 3 is 2.44 bits per heavy atom. The van der Waals surface area contributed by atoms with Crippen molar-refractivity contribution in [3.05, 3.63) is 0 Å². The first-order valence-electron chi connectivity index (χ1n) is 6.93. The fraction of sp³-hybridized carbons (Fsp3) is 0.923. The van der Waals surface area contributed by atoms with E-state index in [0.717, 1.165) is 25.7 Å². The molecule has 0 aromatic heterocycles. The maximum atomic E-state index is 12.3. The third kappa shape index (κ3) is 4.55. The van der Waals surface area contributed by atoms with Crippen LogP contribution in [-0.4, -0.2) is 53.9 Å². The molecule has 0 heterocycles. The van der Waals surface area contributed by atoms with Gasteiger partial charge in [-0.3, -0.25) is 4.79 Å². The van der Waals surface area contributed by atoms with Crippen LogP contribution in [0.15, 0.2) is 0 Å². The Kier molecular flexibility index (Phi) is 7.23. The Hall–Kier alpha value is -0.650. The smallest absolute Gasteiger partial charge is 0.225 e. The molecule has 1 fully saturated rings. The summed E-state index contributed by atoms with van der Waals surface area (Å²) in [6.45, 7) is 1.22. The van der Waals surface area contributed by atoms with E-state index in [-0.39, 0.29) is 25.0 Å². The second-order valence-corrected chi connectivity index (χ2v) is 5.08. The molecule has 5 heteroatoms. The third-order valence-electron chi connectivity index (χ3n) is 3.76. The Morgan fingerprint density at radius 1 is 1.22 bits per heavy atom. The topological polar surface area (TPSA) is 86.8 Å². The summed E-state index contributed by atoms with van der Waals surface area (Å²) in [6.07, 6.45) is 5.06. The minimum absolute atomic E-state index is 0.0494. The first kappa shape index (κ1) is 15.4. The maximum absolute atomic E-state index is 12.3. The first-order valence-corrected chi connectivity index (χ1v) is 6.93. The largest absolute Gasteiger partial charge is 0.395 e. The van der Waals surface area contributed by atoms with Crippen LogP contribution in [-0.2, 0) is 4.79 Å². The number of carbonyl (C=O) groups is 1. The van der Waals surface area contributed by atoms with Gasteiger partial charge in [0.05, 0.1) is 13.2 Å². The summed E-state index contributed by atoms with van der Waals surface area (Å²) in [5, 5.41) is 17.9. The van der Waals surface area contributed by atoms with Gasteiger partial charge in [0.25, 0.3) is 0 Å². The zero-order valence-corrected chi connectivity index (χ0v) is 11.1. The van der Waals surface area contributed by atoms with Crippen LogP contribution in [0.1, 0.15) is 32.1 Å². The molecule has 1 aliphatic carbocycles. The zero-order chi connectivity index (χ0) is 13.4. The van der Waals surface area contributed by atoms with Gasteiger partial charge >= 0.3 is 0 Å². The molecular weight excluding hydrogens is 232 g/mol. The van der Waals surface area contributed by atoms with E-state index in [4.69, 9.17) is 15.9 Å². The molecule has 0 spiro atoms. The fourth-order valence-corrected chi connectivity index (χ4v) is 2.84. The average molecular weight is 258 g/mol. The van der Waals surface area contributed by atoms with E-state index in [1.165, 1.54) is 6.42 Å². The van der Waals surface area contributed by atoms with Gasteiger partial charge in [-0.05, 0) is 31.7 Å². The van der Waals surface area contributed by atoms with Crippen molar-refractivity contribution in [3.63, 3.8) is 0 Å². The number of nitrogens with two attached hydrogens (primary N) is 1. The van der Waals surface area contributed by atoms with E-state index in [9.17, 15) is 4.79 Å². The van der Waals surface area contributed by atoms with Crippen molar-refractivity contribution in [2.24, 2.45) is 17.6 Å². The summed E-state index contributed by atoms with van der Waals surface area (Å²) in [4.78, 5) is 13.9. The molecule has 1 amide bonds. The van der Waals surface area contributed by atoms with E-state index >= 15 is 0 Å². The Balaban J connectivity index is 2.52. The van der Waals surface area contributed by atoms with Crippen LogP contribution in [0.25, 0.3) is 0 Å². The zero-order valence-electron chi connectivity index (χ0n) is 11.1. The summed E-state index contributed by atoms with van der Waals surface area (Å²) < 4.78 is 0. The number of hydrogen-bond acceptors (Lipinski definition) is 4. The molecular formula is C13H26N2O3. The Labute approximate surface area is 109 Å². The second kappa shape index (κ2) is 8.45. The van der Waals surface area contributed by atoms with Crippen molar-refractivity contribution in [2.45, 2.75) is 32.1 Å². The summed E-state index contributed by atoms with van der Waals surface area (Å²) in [5.41, 5.74) is 5.57. The molecule has 5 nitrogen and oxygen atoms in total. The normalized spacial score (nSPS) is 23.9. The predicted molar refractivity (Wildman–Crippen MR) is 69.9 cm³/mol. The molecule has 1 saturated carbocycles. The monoisotopic (exact) mass is 258 g/mol. The van der Waals surface area contributed by atoms with Crippen molar-refractivity contribution in [2.75, 3.05) is 32.8 Å². The van der Waals surface area contributed by atoms with Crippen molar-refractivity contribution in [1.29, 1.82) is 0 Å². The Bertz CT molecular complexity index is 240. The molecule has 1 aliphatic rings. The number of hydrogen-bond donors (Lipinski definition) is 3. The molecule has 0 aliphatic heterocycles. The van der Waals surface area contributed by atoms with E-state index in [0.29, 0.717) is 25.6 Å². The number of carbonyl (C=O) groups excluding carboxylic acids is 1. The van der Waals surface area contributed by atoms with Gasteiger partial charge in [-0.1, -0.05) is 12.8 Å². The maximum Gasteiger partial charge on any atom is 0.225 e. The minimum Gasteiger partial charge on any atom is -0.395 e. The van der Waals surface area contributed by atoms with Gasteiger partial charge in [0.2, 0.25) is 5.91 Å². The molecule has 2 unspecified atom stereocenters. The molecule has 0 aromatic carbocycles. The van der Waals surface area contributed by atoms with E-state index < -0.39 is 0 Å². The molecule has 0 saturated heterocycles. The van der Waals surface area contributed by atoms with Gasteiger partial charge in [0, 0.05) is 19.0 Å². The highest BCUT2D eigenvalue weighted by Crippen LogP contribution is 2.31. The van der Waals surface area contributed by atoms with Crippen LogP contribution in [0.5, 0.6) is 0 Å². The number of amides is 1. The van der Waals surface area contributed by atoms with Crippen LogP contribution < -0.4 is 5.73 Å². The van der Waals surface area contributed by atoms with Crippen LogP contribution in [0.3, 0.4) is 0 Å². The lowest BCUT2D eigenvalue weighted by atomic mass is 9.79. The molecule has 1 rings (SSSR count). The summed E-state index contributed by atoms with van der Waals surface area (Å²) in [5.74, 6) is 0.691. The van der Waals surface area contributed by atoms with Crippen LogP contribution in [0.2, 0.25) is 0 Å². The van der Waals surface area contributed by atoms with Gasteiger partial charge in [0.1, 0.15) is 0 Å². The molecule has 18 heavy (non-hydrogen) atoms. The number of nitrogens with zero attached hydrogens (tertiary/aromatic N) is 1. The van der Waals surface area contributed by atoms with Crippen LogP contribution in [0, 0.1) is 11.8 Å². The van der Waals surface area contributed by atoms with Gasteiger partial charge < -0.3 is 20.8 Å². The van der Waals surface area contributed by atoms with Gasteiger partial charge in [0.15, 0.2) is 0 Å². The molecule has 0 radical (unpaired) electrons. The minimum atomic E-state index is -0.0509. The number of aliphatic hydroxyl groups is 2. The quantitative estimate of drug-likeness (QED) is 0.598. The van der Waals surface area contributed by atoms with Gasteiger partial charge in [-0.2, -0.15) is 0 Å². The van der Waals surface area contributed by atoms with Crippen molar-refractivity contribution >= 4 is 5.91 Å². The fourth-order valence-electron chi connectivity index (χ4n) is 2.84. The Morgan fingerprint density at radius 2 is 1.89 bits per heavy atom. The highest BCUT2D eigenvalue weighted by atomic mass is 16.3. The summed E-state index contributed by atoms with van der Waals surface area (Å²) >= 11 is 0. The van der Waals surface area contributed by atoms with Crippen molar-refractivity contribution in [3.8, 4) is 0 Å². The van der Waals surface area contributed by atoms with E-state index in [1.54, 1.807) is 4.90 Å². The molecule has 0 aromatic rings. The molecule has 4 N–H and O–H groups in total. The van der Waals surface area contributed by atoms with Crippen molar-refractivity contribution in [1.82, 2.24) is 4.90 Å². The SMILES string of the molecule is NCCC1CCCC(C(=O)N(CCO)CCO)C1. The van der Waals surface area contributed by atoms with E-state index in [1.807, 2.05) is 0 Å². The predicted octanol–water partition coefficient (Wildman–Crippen LogP) is -0.0452. The lowest BCUT2D eigenvalue weighted by Gasteiger charge is -2.32. The van der Waals surface area contributed by atoms with Gasteiger partial charge in [-0.15, -0.1) is 0 Å². The number of aliphatic hydroxyl groups excluding tert-OH is 2. The van der Waals surface area contributed by atoms with Gasteiger partial charge in [-0.25, -0.2) is 0 Å². The highest BCUT2D eigenvalue weighted by Gasteiger charge is 2.29. The van der Waals surface area contributed by atoms with Crippen LogP contribution >= 0.6 is 0 Å². The van der Waals surface area contributed by atoms with Crippen molar-refractivity contribution < 1.29 is 15.0 Å². The third-order valence-corrected chi connectivity index (χ3v) is 3.76. The second-order valence-electron chi connectivity index (χ2n) is 5.08. The highest BCUT2D eigenvalue weighted by molar-refractivity contribution is 5.79. The average Bonchev–Trinajstić information content (AvgIpc) is 2.38. The lowest BCUT2D eigenvalue weighted by Crippen LogP contribution is -2.41. The molecule has 106 valence electrons.